The van der Waals surface area contributed by atoms with Crippen molar-refractivity contribution >= 4 is 11.6 Å². The third-order valence-corrected chi connectivity index (χ3v) is 1.42. The van der Waals surface area contributed by atoms with E-state index in [0.717, 1.165) is 6.61 Å². The van der Waals surface area contributed by atoms with Crippen LogP contribution in [0.3, 0.4) is 0 Å². The summed E-state index contributed by atoms with van der Waals surface area (Å²) < 4.78 is 0. The maximum absolute atomic E-state index is 8.59. The monoisotopic (exact) mass is 166 g/mol. The number of hydrogen-bond acceptors (Lipinski definition) is 2. The summed E-state index contributed by atoms with van der Waals surface area (Å²) in [5.74, 6) is 0. The third kappa shape index (κ3) is 1.94. The van der Waals surface area contributed by atoms with Crippen molar-refractivity contribution in [3.8, 4) is 6.07 Å². The highest BCUT2D eigenvalue weighted by Crippen LogP contribution is 2.14. The molecule has 1 N–H and O–H groups in total. The molecule has 1 rings (SSSR count). The largest absolute Gasteiger partial charge is 0.385 e. The molecule has 0 saturated carbocycles. The SMILES string of the molecule is N#Cc1cc(Cl)cc([CH]O)c1. The van der Waals surface area contributed by atoms with E-state index in [1.54, 1.807) is 12.1 Å². The van der Waals surface area contributed by atoms with Gasteiger partial charge in [-0.15, -0.1) is 0 Å². The molecule has 0 amide bonds. The van der Waals surface area contributed by atoms with E-state index in [-0.39, 0.29) is 0 Å². The first-order valence-corrected chi connectivity index (χ1v) is 3.32. The molecule has 0 bridgehead atoms. The van der Waals surface area contributed by atoms with E-state index in [0.29, 0.717) is 16.1 Å². The van der Waals surface area contributed by atoms with E-state index in [4.69, 9.17) is 22.0 Å². The molecule has 0 aromatic heterocycles. The number of halogens is 1. The van der Waals surface area contributed by atoms with Crippen molar-refractivity contribution < 1.29 is 5.11 Å². The highest BCUT2D eigenvalue weighted by Gasteiger charge is 1.97. The van der Waals surface area contributed by atoms with Crippen LogP contribution in [0.25, 0.3) is 0 Å². The molecule has 0 saturated heterocycles. The summed E-state index contributed by atoms with van der Waals surface area (Å²) in [5, 5.41) is 17.5. The highest BCUT2D eigenvalue weighted by molar-refractivity contribution is 6.30. The Bertz CT molecular complexity index is 303. The molecule has 1 aromatic rings. The number of nitriles is 1. The average molecular weight is 167 g/mol. The minimum atomic E-state index is 0.442. The summed E-state index contributed by atoms with van der Waals surface area (Å²) in [4.78, 5) is 0. The van der Waals surface area contributed by atoms with E-state index < -0.39 is 0 Å². The molecule has 1 radical (unpaired) electrons. The fraction of sp³-hybridized carbons (Fsp3) is 0. The lowest BCUT2D eigenvalue weighted by atomic mass is 10.1. The molecule has 1 aromatic carbocycles. The smallest absolute Gasteiger partial charge is 0.109 e. The van der Waals surface area contributed by atoms with Crippen LogP contribution in [0.1, 0.15) is 11.1 Å². The van der Waals surface area contributed by atoms with Crippen molar-refractivity contribution in [1.82, 2.24) is 0 Å². The molecule has 2 nitrogen and oxygen atoms in total. The molecular weight excluding hydrogens is 162 g/mol. The third-order valence-electron chi connectivity index (χ3n) is 1.20. The topological polar surface area (TPSA) is 44.0 Å². The second-order valence-corrected chi connectivity index (χ2v) is 2.45. The molecule has 0 atom stereocenters. The predicted octanol–water partition coefficient (Wildman–Crippen LogP) is 2.09. The van der Waals surface area contributed by atoms with E-state index in [1.807, 2.05) is 6.07 Å². The van der Waals surface area contributed by atoms with Gasteiger partial charge in [-0.25, -0.2) is 0 Å². The van der Waals surface area contributed by atoms with E-state index in [2.05, 4.69) is 0 Å². The van der Waals surface area contributed by atoms with E-state index in [1.165, 1.54) is 6.07 Å². The first kappa shape index (κ1) is 8.06. The number of aliphatic hydroxyl groups excluding tert-OH is 1. The lowest BCUT2D eigenvalue weighted by Crippen LogP contribution is -1.82. The molecule has 3 heteroatoms. The number of benzene rings is 1. The van der Waals surface area contributed by atoms with Gasteiger partial charge in [0, 0.05) is 5.02 Å². The molecular formula is C8H5ClNO. The molecule has 0 fully saturated rings. The van der Waals surface area contributed by atoms with Gasteiger partial charge in [-0.2, -0.15) is 5.26 Å². The Morgan fingerprint density at radius 2 is 2.18 bits per heavy atom. The molecule has 0 aliphatic rings. The maximum Gasteiger partial charge on any atom is 0.109 e. The van der Waals surface area contributed by atoms with Crippen LogP contribution in [-0.4, -0.2) is 5.11 Å². The maximum atomic E-state index is 8.59. The Morgan fingerprint density at radius 3 is 2.73 bits per heavy atom. The van der Waals surface area contributed by atoms with Gasteiger partial charge in [0.2, 0.25) is 0 Å². The summed E-state index contributed by atoms with van der Waals surface area (Å²) in [6, 6.07) is 6.58. The second kappa shape index (κ2) is 3.38. The average Bonchev–Trinajstić information content (AvgIpc) is 2.03. The van der Waals surface area contributed by atoms with Crippen LogP contribution in [-0.2, 0) is 0 Å². The molecule has 0 aliphatic carbocycles. The summed E-state index contributed by atoms with van der Waals surface area (Å²) >= 11 is 5.63. The number of nitrogens with zero attached hydrogens (tertiary/aromatic N) is 1. The molecule has 0 spiro atoms. The van der Waals surface area contributed by atoms with Crippen molar-refractivity contribution in [3.05, 3.63) is 41.0 Å². The van der Waals surface area contributed by atoms with Crippen molar-refractivity contribution in [2.75, 3.05) is 0 Å². The fourth-order valence-corrected chi connectivity index (χ4v) is 0.995. The van der Waals surface area contributed by atoms with Crippen molar-refractivity contribution in [1.29, 1.82) is 5.26 Å². The van der Waals surface area contributed by atoms with Crippen molar-refractivity contribution in [2.24, 2.45) is 0 Å². The highest BCUT2D eigenvalue weighted by atomic mass is 35.5. The number of aliphatic hydroxyl groups is 1. The summed E-state index contributed by atoms with van der Waals surface area (Å²) in [7, 11) is 0. The second-order valence-electron chi connectivity index (χ2n) is 2.01. The first-order chi connectivity index (χ1) is 5.26. The van der Waals surface area contributed by atoms with Gasteiger partial charge in [-0.05, 0) is 23.8 Å². The van der Waals surface area contributed by atoms with Crippen LogP contribution in [0, 0.1) is 17.9 Å². The van der Waals surface area contributed by atoms with E-state index >= 15 is 0 Å². The molecule has 0 unspecified atom stereocenters. The molecule has 55 valence electrons. The Morgan fingerprint density at radius 1 is 1.45 bits per heavy atom. The molecule has 11 heavy (non-hydrogen) atoms. The predicted molar refractivity (Wildman–Crippen MR) is 41.5 cm³/mol. The minimum absolute atomic E-state index is 0.442. The van der Waals surface area contributed by atoms with E-state index in [9.17, 15) is 0 Å². The van der Waals surface area contributed by atoms with Gasteiger partial charge in [0.1, 0.15) is 6.61 Å². The zero-order valence-corrected chi connectivity index (χ0v) is 6.34. The van der Waals surface area contributed by atoms with Gasteiger partial charge < -0.3 is 5.11 Å². The summed E-state index contributed by atoms with van der Waals surface area (Å²) in [5.41, 5.74) is 0.979. The number of rotatable bonds is 1. The van der Waals surface area contributed by atoms with Gasteiger partial charge in [0.15, 0.2) is 0 Å². The van der Waals surface area contributed by atoms with Gasteiger partial charge in [0.25, 0.3) is 0 Å². The minimum Gasteiger partial charge on any atom is -0.385 e. The Hall–Kier alpha value is -1.04. The van der Waals surface area contributed by atoms with Crippen LogP contribution in [0.2, 0.25) is 5.02 Å². The summed E-state index contributed by atoms with van der Waals surface area (Å²) in [6.07, 6.45) is 0. The van der Waals surface area contributed by atoms with Gasteiger partial charge in [-0.3, -0.25) is 0 Å². The van der Waals surface area contributed by atoms with Crippen LogP contribution in [0.5, 0.6) is 0 Å². The number of hydrogen-bond donors (Lipinski definition) is 1. The van der Waals surface area contributed by atoms with Gasteiger partial charge >= 0.3 is 0 Å². The van der Waals surface area contributed by atoms with Crippen LogP contribution in [0.15, 0.2) is 18.2 Å². The lowest BCUT2D eigenvalue weighted by molar-refractivity contribution is 0.415. The Balaban J connectivity index is 3.15. The zero-order chi connectivity index (χ0) is 8.27. The van der Waals surface area contributed by atoms with Crippen LogP contribution in [0.4, 0.5) is 0 Å². The Kier molecular flexibility index (Phi) is 2.48. The standard InChI is InChI=1S/C8H5ClNO/c9-8-2-6(4-10)1-7(3-8)5-11/h1-3,5,11H. The Labute approximate surface area is 69.7 Å². The molecule has 0 aliphatic heterocycles. The van der Waals surface area contributed by atoms with Crippen LogP contribution < -0.4 is 0 Å². The van der Waals surface area contributed by atoms with Crippen LogP contribution >= 0.6 is 11.6 Å². The van der Waals surface area contributed by atoms with Crippen molar-refractivity contribution in [3.63, 3.8) is 0 Å². The van der Waals surface area contributed by atoms with Gasteiger partial charge in [-0.1, -0.05) is 11.6 Å². The quantitative estimate of drug-likeness (QED) is 0.694. The zero-order valence-electron chi connectivity index (χ0n) is 5.58. The summed E-state index contributed by atoms with van der Waals surface area (Å²) in [6.45, 7) is 0.909. The van der Waals surface area contributed by atoms with Gasteiger partial charge in [0.05, 0.1) is 11.6 Å². The lowest BCUT2D eigenvalue weighted by Gasteiger charge is -1.96. The first-order valence-electron chi connectivity index (χ1n) is 2.94. The molecule has 0 heterocycles. The normalized spacial score (nSPS) is 9.18. The fourth-order valence-electron chi connectivity index (χ4n) is 0.751. The van der Waals surface area contributed by atoms with Crippen molar-refractivity contribution in [2.45, 2.75) is 0 Å².